The lowest BCUT2D eigenvalue weighted by atomic mass is 10.0. The Hall–Kier alpha value is -3.20. The molecule has 0 atom stereocenters. The Balaban J connectivity index is 2.91. The second kappa shape index (κ2) is 6.99. The fraction of sp³-hybridized carbons (Fsp3) is 0.125. The highest BCUT2D eigenvalue weighted by molar-refractivity contribution is 5.91. The van der Waals surface area contributed by atoms with Gasteiger partial charge in [0.15, 0.2) is 11.5 Å². The first kappa shape index (κ1) is 15.2. The van der Waals surface area contributed by atoms with Gasteiger partial charge >= 0.3 is 0 Å². The van der Waals surface area contributed by atoms with Crippen LogP contribution in [0.15, 0.2) is 46.4 Å². The molecule has 6 nitrogen and oxygen atoms in total. The zero-order valence-corrected chi connectivity index (χ0v) is 12.0. The summed E-state index contributed by atoms with van der Waals surface area (Å²) in [6.45, 7) is 0. The van der Waals surface area contributed by atoms with E-state index in [1.54, 1.807) is 6.07 Å². The van der Waals surface area contributed by atoms with E-state index in [0.29, 0.717) is 11.3 Å². The molecule has 0 bridgehead atoms. The van der Waals surface area contributed by atoms with Gasteiger partial charge in [0.2, 0.25) is 12.2 Å². The van der Waals surface area contributed by atoms with Gasteiger partial charge in [-0.1, -0.05) is 30.3 Å². The maximum Gasteiger partial charge on any atom is 0.240 e. The van der Waals surface area contributed by atoms with E-state index in [4.69, 9.17) is 9.47 Å². The van der Waals surface area contributed by atoms with Crippen LogP contribution >= 0.6 is 0 Å². The van der Waals surface area contributed by atoms with Crippen LogP contribution in [0.25, 0.3) is 11.1 Å². The zero-order valence-electron chi connectivity index (χ0n) is 12.0. The largest absolute Gasteiger partial charge is 0.493 e. The smallest absolute Gasteiger partial charge is 0.240 e. The molecule has 2 rings (SSSR count). The standard InChI is InChI=1S/C16H12N2O4/c1-21-13-8-12(11-6-4-3-5-7-11)14(17-9-19)15(18-10-20)16(13)22-2/h3-8H,1-2H3. The molecular weight excluding hydrogens is 284 g/mol. The maximum absolute atomic E-state index is 10.8. The Labute approximate surface area is 126 Å². The summed E-state index contributed by atoms with van der Waals surface area (Å²) in [5.41, 5.74) is 1.58. The molecule has 0 saturated heterocycles. The van der Waals surface area contributed by atoms with Crippen molar-refractivity contribution in [1.82, 2.24) is 0 Å². The van der Waals surface area contributed by atoms with Crippen LogP contribution in [0, 0.1) is 0 Å². The SMILES string of the molecule is COc1cc(-c2ccccc2)c(N=C=O)c(N=C=O)c1OC. The molecule has 2 aromatic rings. The molecule has 0 unspecified atom stereocenters. The molecule has 0 N–H and O–H groups in total. The second-order valence-corrected chi connectivity index (χ2v) is 4.13. The first-order chi connectivity index (χ1) is 10.8. The van der Waals surface area contributed by atoms with Crippen LogP contribution < -0.4 is 9.47 Å². The highest BCUT2D eigenvalue weighted by Crippen LogP contribution is 2.49. The molecule has 22 heavy (non-hydrogen) atoms. The van der Waals surface area contributed by atoms with Gasteiger partial charge in [0, 0.05) is 5.56 Å². The Morgan fingerprint density at radius 3 is 2.09 bits per heavy atom. The van der Waals surface area contributed by atoms with E-state index in [-0.39, 0.29) is 17.1 Å². The molecule has 0 heterocycles. The van der Waals surface area contributed by atoms with Crippen molar-refractivity contribution in [2.45, 2.75) is 0 Å². The van der Waals surface area contributed by atoms with E-state index in [0.717, 1.165) is 5.56 Å². The fourth-order valence-corrected chi connectivity index (χ4v) is 2.11. The number of benzene rings is 2. The van der Waals surface area contributed by atoms with E-state index in [2.05, 4.69) is 9.98 Å². The first-order valence-electron chi connectivity index (χ1n) is 6.27. The monoisotopic (exact) mass is 296 g/mol. The number of carbonyl (C=O) groups excluding carboxylic acids is 2. The van der Waals surface area contributed by atoms with Crippen molar-refractivity contribution < 1.29 is 19.1 Å². The average Bonchev–Trinajstić information content (AvgIpc) is 2.57. The Kier molecular flexibility index (Phi) is 4.83. The van der Waals surface area contributed by atoms with Gasteiger partial charge in [-0.3, -0.25) is 0 Å². The molecule has 110 valence electrons. The number of hydrogen-bond donors (Lipinski definition) is 0. The molecule has 0 aliphatic rings. The maximum atomic E-state index is 10.8. The van der Waals surface area contributed by atoms with Gasteiger partial charge in [0.25, 0.3) is 0 Å². The Morgan fingerprint density at radius 1 is 0.909 bits per heavy atom. The van der Waals surface area contributed by atoms with Gasteiger partial charge < -0.3 is 9.47 Å². The summed E-state index contributed by atoms with van der Waals surface area (Å²) in [6, 6.07) is 10.9. The third-order valence-corrected chi connectivity index (χ3v) is 3.02. The predicted molar refractivity (Wildman–Crippen MR) is 80.5 cm³/mol. The summed E-state index contributed by atoms with van der Waals surface area (Å²) in [5.74, 6) is 0.555. The van der Waals surface area contributed by atoms with Gasteiger partial charge in [-0.15, -0.1) is 0 Å². The lowest BCUT2D eigenvalue weighted by Crippen LogP contribution is -1.93. The summed E-state index contributed by atoms with van der Waals surface area (Å²) >= 11 is 0. The number of hydrogen-bond acceptors (Lipinski definition) is 6. The molecule has 0 aromatic heterocycles. The second-order valence-electron chi connectivity index (χ2n) is 4.13. The lowest BCUT2D eigenvalue weighted by molar-refractivity contribution is 0.356. The predicted octanol–water partition coefficient (Wildman–Crippen LogP) is 3.31. The van der Waals surface area contributed by atoms with Crippen LogP contribution in [-0.2, 0) is 9.59 Å². The van der Waals surface area contributed by atoms with Crippen LogP contribution in [-0.4, -0.2) is 26.4 Å². The average molecular weight is 296 g/mol. The lowest BCUT2D eigenvalue weighted by Gasteiger charge is -2.14. The van der Waals surface area contributed by atoms with Crippen molar-refractivity contribution in [3.63, 3.8) is 0 Å². The minimum Gasteiger partial charge on any atom is -0.493 e. The number of nitrogens with zero attached hydrogens (tertiary/aromatic N) is 2. The number of ether oxygens (including phenoxy) is 2. The van der Waals surface area contributed by atoms with Gasteiger partial charge in [0.1, 0.15) is 11.4 Å². The quantitative estimate of drug-likeness (QED) is 0.626. The Morgan fingerprint density at radius 2 is 1.55 bits per heavy atom. The topological polar surface area (TPSA) is 77.3 Å². The highest BCUT2D eigenvalue weighted by Gasteiger charge is 2.20. The van der Waals surface area contributed by atoms with Crippen molar-refractivity contribution in [2.75, 3.05) is 14.2 Å². The molecular formula is C16H12N2O4. The molecule has 0 aliphatic carbocycles. The number of aliphatic imine (C=N–C) groups is 2. The van der Waals surface area contributed by atoms with E-state index in [1.807, 2.05) is 30.3 Å². The molecule has 0 saturated carbocycles. The van der Waals surface area contributed by atoms with Gasteiger partial charge in [0.05, 0.1) is 14.2 Å². The molecule has 0 spiro atoms. The van der Waals surface area contributed by atoms with Crippen LogP contribution in [0.3, 0.4) is 0 Å². The zero-order chi connectivity index (χ0) is 15.9. The van der Waals surface area contributed by atoms with Crippen molar-refractivity contribution in [2.24, 2.45) is 9.98 Å². The molecule has 6 heteroatoms. The van der Waals surface area contributed by atoms with Crippen LogP contribution in [0.1, 0.15) is 0 Å². The van der Waals surface area contributed by atoms with E-state index in [9.17, 15) is 9.59 Å². The van der Waals surface area contributed by atoms with E-state index >= 15 is 0 Å². The molecule has 0 fully saturated rings. The fourth-order valence-electron chi connectivity index (χ4n) is 2.11. The summed E-state index contributed by atoms with van der Waals surface area (Å²) < 4.78 is 10.5. The minimum atomic E-state index is 0.0686. The summed E-state index contributed by atoms with van der Waals surface area (Å²) in [6.07, 6.45) is 2.91. The minimum absolute atomic E-state index is 0.0686. The van der Waals surface area contributed by atoms with Crippen LogP contribution in [0.4, 0.5) is 11.4 Å². The van der Waals surface area contributed by atoms with E-state index in [1.165, 1.54) is 26.4 Å². The highest BCUT2D eigenvalue weighted by atomic mass is 16.5. The normalized spacial score (nSPS) is 9.36. The third-order valence-electron chi connectivity index (χ3n) is 3.02. The molecule has 0 amide bonds. The van der Waals surface area contributed by atoms with Crippen molar-refractivity contribution in [3.8, 4) is 22.6 Å². The number of rotatable bonds is 5. The summed E-state index contributed by atoms with van der Waals surface area (Å²) in [4.78, 5) is 28.8. The summed E-state index contributed by atoms with van der Waals surface area (Å²) in [5, 5.41) is 0. The van der Waals surface area contributed by atoms with Gasteiger partial charge in [-0.25, -0.2) is 9.59 Å². The van der Waals surface area contributed by atoms with Crippen molar-refractivity contribution >= 4 is 23.5 Å². The number of isocyanates is 2. The van der Waals surface area contributed by atoms with Crippen molar-refractivity contribution in [1.29, 1.82) is 0 Å². The van der Waals surface area contributed by atoms with Gasteiger partial charge in [-0.2, -0.15) is 9.98 Å². The molecule has 0 radical (unpaired) electrons. The summed E-state index contributed by atoms with van der Waals surface area (Å²) in [7, 11) is 2.86. The van der Waals surface area contributed by atoms with Crippen molar-refractivity contribution in [3.05, 3.63) is 36.4 Å². The Bertz CT molecular complexity index is 774. The third kappa shape index (κ3) is 2.79. The van der Waals surface area contributed by atoms with E-state index < -0.39 is 0 Å². The van der Waals surface area contributed by atoms with Crippen LogP contribution in [0.2, 0.25) is 0 Å². The van der Waals surface area contributed by atoms with Crippen LogP contribution in [0.5, 0.6) is 11.5 Å². The van der Waals surface area contributed by atoms with Gasteiger partial charge in [-0.05, 0) is 11.6 Å². The molecule has 0 aliphatic heterocycles. The first-order valence-corrected chi connectivity index (χ1v) is 6.27. The number of methoxy groups -OCH3 is 2. The molecule has 2 aromatic carbocycles.